The Morgan fingerprint density at radius 2 is 1.79 bits per heavy atom. The van der Waals surface area contributed by atoms with Gasteiger partial charge in [0.2, 0.25) is 0 Å². The zero-order valence-electron chi connectivity index (χ0n) is 24.0. The van der Waals surface area contributed by atoms with Gasteiger partial charge in [0.25, 0.3) is 5.91 Å². The van der Waals surface area contributed by atoms with E-state index in [0.717, 1.165) is 62.4 Å². The molecule has 0 aliphatic carbocycles. The number of nitrogens with zero attached hydrogens (tertiary/aromatic N) is 4. The molecule has 2 aliphatic rings. The standard InChI is InChI=1S/C31H36F3N7O2/c1-21-4-5-23(30(42)38-26-13-22(19-39-6-2-3-7-39)12-25(16-26)31(32,33)34)15-29(21)41(36)20-28(35)24-14-27(18-37-17-24)40-8-10-43-11-9-40/h4-5,12-18,20H,2-3,6-11,19,35-36H2,1H3,(H,38,42)/b28-20-. The Morgan fingerprint density at radius 3 is 2.51 bits per heavy atom. The predicted molar refractivity (Wildman–Crippen MR) is 161 cm³/mol. The van der Waals surface area contributed by atoms with E-state index >= 15 is 0 Å². The summed E-state index contributed by atoms with van der Waals surface area (Å²) in [5.41, 5.74) is 9.65. The molecule has 0 atom stereocenters. The predicted octanol–water partition coefficient (Wildman–Crippen LogP) is 4.73. The Bertz CT molecular complexity index is 1480. The normalized spacial score (nSPS) is 16.4. The van der Waals surface area contributed by atoms with Crippen LogP contribution in [0.4, 0.5) is 30.2 Å². The van der Waals surface area contributed by atoms with E-state index in [9.17, 15) is 18.0 Å². The first-order chi connectivity index (χ1) is 20.6. The van der Waals surface area contributed by atoms with E-state index in [1.54, 1.807) is 42.9 Å². The number of nitrogens with one attached hydrogen (secondary N) is 1. The Labute approximate surface area is 248 Å². The van der Waals surface area contributed by atoms with Crippen LogP contribution in [0.2, 0.25) is 0 Å². The molecule has 1 amide bonds. The third-order valence-electron chi connectivity index (χ3n) is 7.64. The number of aromatic nitrogens is 1. The molecule has 2 saturated heterocycles. The Balaban J connectivity index is 1.34. The highest BCUT2D eigenvalue weighted by Crippen LogP contribution is 2.33. The van der Waals surface area contributed by atoms with Crippen molar-refractivity contribution in [3.8, 4) is 0 Å². The van der Waals surface area contributed by atoms with Gasteiger partial charge in [-0.15, -0.1) is 0 Å². The van der Waals surface area contributed by atoms with E-state index in [-0.39, 0.29) is 11.3 Å². The minimum absolute atomic E-state index is 0.0811. The maximum Gasteiger partial charge on any atom is 0.416 e. The number of aryl methyl sites for hydroxylation is 1. The van der Waals surface area contributed by atoms with E-state index in [1.165, 1.54) is 5.01 Å². The molecule has 43 heavy (non-hydrogen) atoms. The first kappa shape index (κ1) is 30.3. The second kappa shape index (κ2) is 13.0. The summed E-state index contributed by atoms with van der Waals surface area (Å²) < 4.78 is 46.5. The number of hydrogen-bond acceptors (Lipinski definition) is 8. The van der Waals surface area contributed by atoms with Crippen LogP contribution in [0.1, 0.15) is 45.5 Å². The molecule has 3 heterocycles. The van der Waals surface area contributed by atoms with E-state index in [0.29, 0.717) is 42.3 Å². The number of pyridine rings is 1. The van der Waals surface area contributed by atoms with E-state index in [2.05, 4.69) is 20.1 Å². The number of hydrazine groups is 1. The molecule has 2 aromatic carbocycles. The van der Waals surface area contributed by atoms with Gasteiger partial charge < -0.3 is 20.7 Å². The maximum atomic E-state index is 13.7. The number of alkyl halides is 3. The van der Waals surface area contributed by atoms with Gasteiger partial charge in [0.05, 0.1) is 42.0 Å². The third kappa shape index (κ3) is 7.64. The van der Waals surface area contributed by atoms with Gasteiger partial charge in [0, 0.05) is 48.8 Å². The smallest absolute Gasteiger partial charge is 0.397 e. The Hall–Kier alpha value is -4.13. The number of benzene rings is 2. The van der Waals surface area contributed by atoms with Crippen molar-refractivity contribution in [3.05, 3.63) is 88.9 Å². The number of carbonyl (C=O) groups is 1. The number of morpholine rings is 1. The van der Waals surface area contributed by atoms with E-state index < -0.39 is 17.6 Å². The third-order valence-corrected chi connectivity index (χ3v) is 7.64. The van der Waals surface area contributed by atoms with Crippen LogP contribution >= 0.6 is 0 Å². The molecular formula is C31H36F3N7O2. The quantitative estimate of drug-likeness (QED) is 0.253. The van der Waals surface area contributed by atoms with Crippen molar-refractivity contribution in [3.63, 3.8) is 0 Å². The summed E-state index contributed by atoms with van der Waals surface area (Å²) in [6.07, 6.45) is 2.47. The highest BCUT2D eigenvalue weighted by atomic mass is 19.4. The number of likely N-dealkylation sites (tertiary alicyclic amines) is 1. The second-order valence-corrected chi connectivity index (χ2v) is 10.9. The van der Waals surface area contributed by atoms with Crippen LogP contribution in [0, 0.1) is 6.92 Å². The highest BCUT2D eigenvalue weighted by Gasteiger charge is 2.31. The van der Waals surface area contributed by atoms with E-state index in [1.807, 2.05) is 13.0 Å². The van der Waals surface area contributed by atoms with Crippen molar-refractivity contribution in [1.29, 1.82) is 0 Å². The van der Waals surface area contributed by atoms with Crippen molar-refractivity contribution >= 4 is 28.7 Å². The average Bonchev–Trinajstić information content (AvgIpc) is 3.50. The van der Waals surface area contributed by atoms with Crippen molar-refractivity contribution in [2.75, 3.05) is 54.6 Å². The van der Waals surface area contributed by atoms with Gasteiger partial charge in [-0.3, -0.25) is 19.7 Å². The van der Waals surface area contributed by atoms with Crippen LogP contribution in [0.25, 0.3) is 5.70 Å². The molecule has 228 valence electrons. The molecular weight excluding hydrogens is 559 g/mol. The number of hydrogen-bond donors (Lipinski definition) is 3. The molecule has 2 fully saturated rings. The zero-order chi connectivity index (χ0) is 30.6. The van der Waals surface area contributed by atoms with Crippen molar-refractivity contribution < 1.29 is 22.7 Å². The van der Waals surface area contributed by atoms with Crippen LogP contribution in [0.3, 0.4) is 0 Å². The Kier molecular flexibility index (Phi) is 9.19. The number of nitrogens with two attached hydrogens (primary N) is 2. The number of anilines is 3. The summed E-state index contributed by atoms with van der Waals surface area (Å²) in [5.74, 6) is 5.82. The average molecular weight is 596 g/mol. The summed E-state index contributed by atoms with van der Waals surface area (Å²) >= 11 is 0. The number of halogens is 3. The zero-order valence-corrected chi connectivity index (χ0v) is 24.0. The molecule has 5 rings (SSSR count). The lowest BCUT2D eigenvalue weighted by Crippen LogP contribution is -2.36. The van der Waals surface area contributed by atoms with Crippen molar-refractivity contribution in [2.45, 2.75) is 32.5 Å². The molecule has 12 heteroatoms. The van der Waals surface area contributed by atoms with Gasteiger partial charge in [0.15, 0.2) is 0 Å². The lowest BCUT2D eigenvalue weighted by molar-refractivity contribution is -0.137. The van der Waals surface area contributed by atoms with Crippen LogP contribution in [0.15, 0.2) is 61.1 Å². The van der Waals surface area contributed by atoms with Gasteiger partial charge >= 0.3 is 6.18 Å². The maximum absolute atomic E-state index is 13.7. The fourth-order valence-electron chi connectivity index (χ4n) is 5.32. The SMILES string of the molecule is Cc1ccc(C(=O)Nc2cc(CN3CCCC3)cc(C(F)(F)F)c2)cc1N(N)/C=C(\N)c1cncc(N2CCOCC2)c1. The Morgan fingerprint density at radius 1 is 1.05 bits per heavy atom. The molecule has 1 aromatic heterocycles. The lowest BCUT2D eigenvalue weighted by atomic mass is 10.1. The number of carbonyl (C=O) groups excluding carboxylic acids is 1. The number of amides is 1. The van der Waals surface area contributed by atoms with Gasteiger partial charge in [-0.1, -0.05) is 6.07 Å². The molecule has 5 N–H and O–H groups in total. The summed E-state index contributed by atoms with van der Waals surface area (Å²) in [5, 5.41) is 3.97. The number of ether oxygens (including phenoxy) is 1. The van der Waals surface area contributed by atoms with E-state index in [4.69, 9.17) is 16.3 Å². The van der Waals surface area contributed by atoms with Gasteiger partial charge in [0.1, 0.15) is 0 Å². The summed E-state index contributed by atoms with van der Waals surface area (Å²) in [4.78, 5) is 21.8. The van der Waals surface area contributed by atoms with Crippen LogP contribution in [0.5, 0.6) is 0 Å². The fraction of sp³-hybridized carbons (Fsp3) is 0.355. The lowest BCUT2D eigenvalue weighted by Gasteiger charge is -2.28. The van der Waals surface area contributed by atoms with Crippen LogP contribution < -0.4 is 26.8 Å². The summed E-state index contributed by atoms with van der Waals surface area (Å²) in [7, 11) is 0. The molecule has 0 bridgehead atoms. The van der Waals surface area contributed by atoms with Gasteiger partial charge in [-0.25, -0.2) is 5.84 Å². The molecule has 0 radical (unpaired) electrons. The molecule has 0 saturated carbocycles. The molecule has 9 nitrogen and oxygen atoms in total. The largest absolute Gasteiger partial charge is 0.416 e. The van der Waals surface area contributed by atoms with Crippen LogP contribution in [-0.4, -0.2) is 55.2 Å². The van der Waals surface area contributed by atoms with Gasteiger partial charge in [-0.2, -0.15) is 13.2 Å². The summed E-state index contributed by atoms with van der Waals surface area (Å²) in [6, 6.07) is 10.5. The molecule has 2 aliphatic heterocycles. The summed E-state index contributed by atoms with van der Waals surface area (Å²) in [6.45, 7) is 6.70. The van der Waals surface area contributed by atoms with Crippen molar-refractivity contribution in [2.24, 2.45) is 11.6 Å². The number of rotatable bonds is 8. The van der Waals surface area contributed by atoms with Crippen molar-refractivity contribution in [1.82, 2.24) is 9.88 Å². The first-order valence-electron chi connectivity index (χ1n) is 14.2. The molecule has 0 unspecified atom stereocenters. The van der Waals surface area contributed by atoms with Crippen LogP contribution in [-0.2, 0) is 17.5 Å². The van der Waals surface area contributed by atoms with Gasteiger partial charge in [-0.05, 0) is 80.4 Å². The topological polar surface area (TPSA) is 113 Å². The highest BCUT2D eigenvalue weighted by molar-refractivity contribution is 6.05. The first-order valence-corrected chi connectivity index (χ1v) is 14.2. The minimum atomic E-state index is -4.54. The molecule has 3 aromatic rings. The molecule has 0 spiro atoms. The second-order valence-electron chi connectivity index (χ2n) is 10.9. The fourth-order valence-corrected chi connectivity index (χ4v) is 5.32. The monoisotopic (exact) mass is 595 g/mol. The minimum Gasteiger partial charge on any atom is -0.397 e.